The molecule has 0 radical (unpaired) electrons. The number of ketones is 1. The summed E-state index contributed by atoms with van der Waals surface area (Å²) >= 11 is 0. The Hall–Kier alpha value is -3.39. The van der Waals surface area contributed by atoms with Gasteiger partial charge >= 0.3 is 5.63 Å². The highest BCUT2D eigenvalue weighted by atomic mass is 16.5. The van der Waals surface area contributed by atoms with E-state index in [9.17, 15) is 9.59 Å². The zero-order chi connectivity index (χ0) is 17.5. The number of nitrogens with zero attached hydrogens (tertiary/aromatic N) is 1. The highest BCUT2D eigenvalue weighted by Gasteiger charge is 2.17. The molecule has 24 heavy (non-hydrogen) atoms. The molecule has 0 spiro atoms. The van der Waals surface area contributed by atoms with Crippen molar-refractivity contribution in [3.8, 4) is 11.8 Å². The zero-order valence-electron chi connectivity index (χ0n) is 13.3. The Morgan fingerprint density at radius 2 is 1.96 bits per heavy atom. The zero-order valence-corrected chi connectivity index (χ0v) is 13.3. The molecule has 120 valence electrons. The van der Waals surface area contributed by atoms with Crippen LogP contribution in [0.15, 0.2) is 51.7 Å². The summed E-state index contributed by atoms with van der Waals surface area (Å²) in [6, 6.07) is 10.7. The Morgan fingerprint density at radius 3 is 2.62 bits per heavy atom. The van der Waals surface area contributed by atoms with Crippen LogP contribution in [-0.2, 0) is 0 Å². The number of rotatable bonds is 5. The monoisotopic (exact) mass is 321 g/mol. The van der Waals surface area contributed by atoms with E-state index in [2.05, 4.69) is 0 Å². The predicted molar refractivity (Wildman–Crippen MR) is 90.7 cm³/mol. The Morgan fingerprint density at radius 1 is 1.25 bits per heavy atom. The molecule has 0 atom stereocenters. The molecule has 0 amide bonds. The van der Waals surface area contributed by atoms with Gasteiger partial charge in [-0.15, -0.1) is 0 Å². The maximum absolute atomic E-state index is 12.3. The van der Waals surface area contributed by atoms with Crippen molar-refractivity contribution in [1.29, 1.82) is 5.26 Å². The van der Waals surface area contributed by atoms with Gasteiger partial charge in [-0.1, -0.05) is 24.3 Å². The van der Waals surface area contributed by atoms with Crippen LogP contribution in [0, 0.1) is 18.3 Å². The van der Waals surface area contributed by atoms with Gasteiger partial charge in [0.15, 0.2) is 5.78 Å². The van der Waals surface area contributed by atoms with Crippen molar-refractivity contribution in [1.82, 2.24) is 0 Å². The number of hydrogen-bond donors (Lipinski definition) is 0. The number of carbonyl (C=O) groups excluding carboxylic acids is 1. The molecule has 5 heteroatoms. The van der Waals surface area contributed by atoms with Gasteiger partial charge < -0.3 is 9.15 Å². The molecule has 0 saturated heterocycles. The maximum atomic E-state index is 12.3. The summed E-state index contributed by atoms with van der Waals surface area (Å²) in [7, 11) is 1.39. The third-order valence-corrected chi connectivity index (χ3v) is 3.19. The van der Waals surface area contributed by atoms with Gasteiger partial charge in [0, 0.05) is 12.1 Å². The van der Waals surface area contributed by atoms with Crippen molar-refractivity contribution in [2.75, 3.05) is 7.11 Å². The van der Waals surface area contributed by atoms with Crippen LogP contribution in [-0.4, -0.2) is 12.9 Å². The molecule has 5 nitrogen and oxygen atoms in total. The Bertz CT molecular complexity index is 914. The van der Waals surface area contributed by atoms with Crippen LogP contribution in [0.3, 0.4) is 0 Å². The Kier molecular flexibility index (Phi) is 5.48. The summed E-state index contributed by atoms with van der Waals surface area (Å²) in [5, 5.41) is 8.55. The van der Waals surface area contributed by atoms with Crippen molar-refractivity contribution in [3.63, 3.8) is 0 Å². The molecule has 1 heterocycles. The molecule has 0 aliphatic heterocycles. The number of hydrogen-bond acceptors (Lipinski definition) is 5. The van der Waals surface area contributed by atoms with E-state index in [0.717, 1.165) is 11.1 Å². The lowest BCUT2D eigenvalue weighted by Crippen LogP contribution is -2.14. The molecule has 1 aromatic heterocycles. The number of carbonyl (C=O) groups is 1. The van der Waals surface area contributed by atoms with E-state index >= 15 is 0 Å². The highest BCUT2D eigenvalue weighted by molar-refractivity contribution is 6.08. The second kappa shape index (κ2) is 7.75. The van der Waals surface area contributed by atoms with Gasteiger partial charge in [0.2, 0.25) is 0 Å². The fraction of sp³-hybridized carbons (Fsp3) is 0.105. The molecule has 0 saturated carbocycles. The first kappa shape index (κ1) is 17.0. The fourth-order valence-corrected chi connectivity index (χ4v) is 2.12. The third-order valence-electron chi connectivity index (χ3n) is 3.19. The SMILES string of the molecule is COc1cc(C)oc(=O)c1C(=O)/C=C/c1cccc(/C=C/C#N)c1. The number of aryl methyl sites for hydroxylation is 1. The second-order valence-electron chi connectivity index (χ2n) is 4.92. The Balaban J connectivity index is 2.31. The van der Waals surface area contributed by atoms with Crippen molar-refractivity contribution < 1.29 is 13.9 Å². The van der Waals surface area contributed by atoms with Crippen molar-refractivity contribution in [2.45, 2.75) is 6.92 Å². The standard InChI is InChI=1S/C19H15NO4/c1-13-11-17(23-2)18(19(22)24-13)16(21)9-8-15-6-3-5-14(12-15)7-4-10-20/h3-9,11-12H,1-2H3/b7-4+,9-8+. The fourth-order valence-electron chi connectivity index (χ4n) is 2.12. The molecule has 1 aromatic carbocycles. The molecule has 0 aliphatic carbocycles. The normalized spacial score (nSPS) is 10.9. The molecular weight excluding hydrogens is 306 g/mol. The van der Waals surface area contributed by atoms with E-state index in [-0.39, 0.29) is 11.3 Å². The lowest BCUT2D eigenvalue weighted by molar-refractivity contribution is 0.104. The summed E-state index contributed by atoms with van der Waals surface area (Å²) in [6.07, 6.45) is 5.91. The quantitative estimate of drug-likeness (QED) is 0.479. The smallest absolute Gasteiger partial charge is 0.351 e. The van der Waals surface area contributed by atoms with Gasteiger partial charge in [-0.3, -0.25) is 4.79 Å². The van der Waals surface area contributed by atoms with Gasteiger partial charge in [0.1, 0.15) is 17.1 Å². The third kappa shape index (κ3) is 4.08. The molecular formula is C19H15NO4. The molecule has 0 unspecified atom stereocenters. The first-order chi connectivity index (χ1) is 11.5. The summed E-state index contributed by atoms with van der Waals surface area (Å²) in [6.45, 7) is 1.61. The topological polar surface area (TPSA) is 80.3 Å². The predicted octanol–water partition coefficient (Wildman–Crippen LogP) is 3.39. The first-order valence-electron chi connectivity index (χ1n) is 7.12. The average molecular weight is 321 g/mol. The lowest BCUT2D eigenvalue weighted by atomic mass is 10.1. The van der Waals surface area contributed by atoms with E-state index in [1.165, 1.54) is 25.3 Å². The van der Waals surface area contributed by atoms with Crippen LogP contribution in [0.1, 0.15) is 27.2 Å². The average Bonchev–Trinajstić information content (AvgIpc) is 2.57. The number of nitriles is 1. The van der Waals surface area contributed by atoms with E-state index < -0.39 is 11.4 Å². The van der Waals surface area contributed by atoms with E-state index in [1.807, 2.05) is 30.3 Å². The van der Waals surface area contributed by atoms with Crippen LogP contribution in [0.25, 0.3) is 12.2 Å². The number of allylic oxidation sites excluding steroid dienone is 2. The van der Waals surface area contributed by atoms with Crippen LogP contribution in [0.2, 0.25) is 0 Å². The number of benzene rings is 1. The maximum Gasteiger partial charge on any atom is 0.351 e. The minimum absolute atomic E-state index is 0.139. The van der Waals surface area contributed by atoms with Crippen molar-refractivity contribution in [2.24, 2.45) is 0 Å². The molecule has 2 rings (SSSR count). The summed E-state index contributed by atoms with van der Waals surface area (Å²) in [5.41, 5.74) is 0.726. The Labute approximate surface area is 139 Å². The van der Waals surface area contributed by atoms with Gasteiger partial charge in [-0.25, -0.2) is 4.79 Å². The first-order valence-corrected chi connectivity index (χ1v) is 7.12. The van der Waals surface area contributed by atoms with Crippen LogP contribution in [0.5, 0.6) is 5.75 Å². The summed E-state index contributed by atoms with van der Waals surface area (Å²) in [5.74, 6) is 0.0528. The molecule has 0 N–H and O–H groups in total. The van der Waals surface area contributed by atoms with Crippen LogP contribution < -0.4 is 10.4 Å². The van der Waals surface area contributed by atoms with Crippen LogP contribution in [0.4, 0.5) is 0 Å². The van der Waals surface area contributed by atoms with Crippen molar-refractivity contribution >= 4 is 17.9 Å². The van der Waals surface area contributed by atoms with Crippen LogP contribution >= 0.6 is 0 Å². The van der Waals surface area contributed by atoms with Gasteiger partial charge in [0.25, 0.3) is 0 Å². The van der Waals surface area contributed by atoms with Crippen molar-refractivity contribution in [3.05, 3.63) is 75.4 Å². The molecule has 0 fully saturated rings. The van der Waals surface area contributed by atoms with E-state index in [1.54, 1.807) is 19.1 Å². The van der Waals surface area contributed by atoms with E-state index in [4.69, 9.17) is 14.4 Å². The highest BCUT2D eigenvalue weighted by Crippen LogP contribution is 2.18. The molecule has 0 aliphatic rings. The minimum Gasteiger partial charge on any atom is -0.496 e. The second-order valence-corrected chi connectivity index (χ2v) is 4.92. The molecule has 2 aromatic rings. The summed E-state index contributed by atoms with van der Waals surface area (Å²) < 4.78 is 10.0. The number of methoxy groups -OCH3 is 1. The van der Waals surface area contributed by atoms with E-state index in [0.29, 0.717) is 5.76 Å². The largest absolute Gasteiger partial charge is 0.496 e. The van der Waals surface area contributed by atoms with Gasteiger partial charge in [0.05, 0.1) is 13.2 Å². The summed E-state index contributed by atoms with van der Waals surface area (Å²) in [4.78, 5) is 24.2. The lowest BCUT2D eigenvalue weighted by Gasteiger charge is -2.04. The van der Waals surface area contributed by atoms with Gasteiger partial charge in [-0.2, -0.15) is 5.26 Å². The number of ether oxygens (including phenoxy) is 1. The molecule has 0 bridgehead atoms. The minimum atomic E-state index is -0.729. The van der Waals surface area contributed by atoms with Gasteiger partial charge in [-0.05, 0) is 36.3 Å².